The van der Waals surface area contributed by atoms with Crippen LogP contribution < -0.4 is 14.6 Å². The van der Waals surface area contributed by atoms with Crippen molar-refractivity contribution >= 4 is 23.8 Å². The van der Waals surface area contributed by atoms with Crippen molar-refractivity contribution in [2.45, 2.75) is 12.1 Å². The van der Waals surface area contributed by atoms with E-state index in [0.29, 0.717) is 28.0 Å². The lowest BCUT2D eigenvalue weighted by Crippen LogP contribution is -2.23. The fourth-order valence-corrected chi connectivity index (χ4v) is 2.43. The molecular formula is C14H14N3O4S-. The Hall–Kier alpha value is -2.48. The van der Waals surface area contributed by atoms with Crippen LogP contribution in [0.25, 0.3) is 6.08 Å². The average Bonchev–Trinajstić information content (AvgIpc) is 2.91. The van der Waals surface area contributed by atoms with Crippen molar-refractivity contribution in [2.75, 3.05) is 14.2 Å². The van der Waals surface area contributed by atoms with Crippen molar-refractivity contribution in [2.24, 2.45) is 0 Å². The van der Waals surface area contributed by atoms with E-state index in [9.17, 15) is 9.90 Å². The minimum absolute atomic E-state index is 0.0365. The summed E-state index contributed by atoms with van der Waals surface area (Å²) >= 11 is 0.894. The molecule has 116 valence electrons. The van der Waals surface area contributed by atoms with Crippen molar-refractivity contribution < 1.29 is 19.4 Å². The molecule has 1 aromatic carbocycles. The maximum Gasteiger partial charge on any atom is 0.213 e. The Labute approximate surface area is 131 Å². The Morgan fingerprint density at radius 3 is 2.68 bits per heavy atom. The third-order valence-electron chi connectivity index (χ3n) is 2.70. The zero-order chi connectivity index (χ0) is 16.1. The Balaban J connectivity index is 2.39. The lowest BCUT2D eigenvalue weighted by molar-refractivity contribution is -0.297. The average molecular weight is 320 g/mol. The zero-order valence-corrected chi connectivity index (χ0v) is 13.1. The molecule has 2 aromatic rings. The highest BCUT2D eigenvalue weighted by Gasteiger charge is 2.10. The van der Waals surface area contributed by atoms with Gasteiger partial charge in [0, 0.05) is 10.5 Å². The topological polar surface area (TPSA) is 100 Å². The van der Waals surface area contributed by atoms with Gasteiger partial charge >= 0.3 is 0 Å². The highest BCUT2D eigenvalue weighted by atomic mass is 32.2. The van der Waals surface area contributed by atoms with Gasteiger partial charge in [-0.2, -0.15) is 0 Å². The molecule has 0 unspecified atom stereocenters. The van der Waals surface area contributed by atoms with E-state index in [0.717, 1.165) is 11.8 Å². The highest BCUT2D eigenvalue weighted by Crippen LogP contribution is 2.30. The molecule has 0 saturated heterocycles. The maximum atomic E-state index is 11.3. The molecule has 1 N–H and O–H groups in total. The van der Waals surface area contributed by atoms with Crippen LogP contribution in [0.4, 0.5) is 0 Å². The minimum atomic E-state index is -1.32. The second-order valence-electron chi connectivity index (χ2n) is 4.21. The number of hydrogen-bond acceptors (Lipinski definition) is 7. The van der Waals surface area contributed by atoms with Crippen LogP contribution in [0.5, 0.6) is 11.5 Å². The molecule has 0 atom stereocenters. The Morgan fingerprint density at radius 2 is 2.14 bits per heavy atom. The van der Waals surface area contributed by atoms with Crippen molar-refractivity contribution in [1.82, 2.24) is 15.2 Å². The molecule has 0 bridgehead atoms. The molecule has 1 aromatic heterocycles. The summed E-state index contributed by atoms with van der Waals surface area (Å²) in [6, 6.07) is 5.09. The Morgan fingerprint density at radius 1 is 1.36 bits per heavy atom. The second-order valence-corrected chi connectivity index (χ2v) is 5.22. The quantitative estimate of drug-likeness (QED) is 0.626. The number of methoxy groups -OCH3 is 2. The van der Waals surface area contributed by atoms with Crippen LogP contribution in [-0.2, 0) is 4.79 Å². The third kappa shape index (κ3) is 3.79. The summed E-state index contributed by atoms with van der Waals surface area (Å²) in [5, 5.41) is 18.2. The van der Waals surface area contributed by atoms with Crippen LogP contribution in [-0.4, -0.2) is 35.4 Å². The van der Waals surface area contributed by atoms with Crippen LogP contribution in [0.15, 0.2) is 28.3 Å². The first-order valence-corrected chi connectivity index (χ1v) is 7.07. The molecule has 0 spiro atoms. The van der Waals surface area contributed by atoms with Crippen molar-refractivity contribution in [1.29, 1.82) is 0 Å². The minimum Gasteiger partial charge on any atom is -0.544 e. The second kappa shape index (κ2) is 6.99. The summed E-state index contributed by atoms with van der Waals surface area (Å²) in [7, 11) is 3.03. The van der Waals surface area contributed by atoms with E-state index >= 15 is 0 Å². The van der Waals surface area contributed by atoms with Gasteiger partial charge in [0.05, 0.1) is 20.2 Å². The van der Waals surface area contributed by atoms with E-state index in [1.807, 2.05) is 0 Å². The largest absolute Gasteiger partial charge is 0.544 e. The molecule has 1 heterocycles. The number of thioether (sulfide) groups is 1. The monoisotopic (exact) mass is 320 g/mol. The number of aromatic amines is 1. The van der Waals surface area contributed by atoms with Crippen molar-refractivity contribution in [3.8, 4) is 11.5 Å². The molecule has 0 saturated carbocycles. The fraction of sp³-hybridized carbons (Fsp3) is 0.214. The zero-order valence-electron chi connectivity index (χ0n) is 12.2. The van der Waals surface area contributed by atoms with Gasteiger partial charge in [0.2, 0.25) is 5.16 Å². The molecule has 0 aliphatic rings. The smallest absolute Gasteiger partial charge is 0.213 e. The molecule has 0 fully saturated rings. The number of aliphatic carboxylic acids is 1. The number of carboxylic acids is 1. The van der Waals surface area contributed by atoms with Gasteiger partial charge in [-0.1, -0.05) is 0 Å². The van der Waals surface area contributed by atoms with Crippen LogP contribution >= 0.6 is 11.8 Å². The van der Waals surface area contributed by atoms with E-state index in [1.54, 1.807) is 25.1 Å². The van der Waals surface area contributed by atoms with Crippen LogP contribution in [0, 0.1) is 6.92 Å². The van der Waals surface area contributed by atoms with Crippen molar-refractivity contribution in [3.05, 3.63) is 34.5 Å². The number of hydrogen-bond donors (Lipinski definition) is 1. The van der Waals surface area contributed by atoms with Crippen LogP contribution in [0.3, 0.4) is 0 Å². The SMILES string of the molecule is COc1ccc(OC)c(/C=C(\Sc2n[nH]c(C)n2)C(=O)[O-])c1. The fourth-order valence-electron chi connectivity index (χ4n) is 1.69. The Bertz CT molecular complexity index is 712. The molecule has 7 nitrogen and oxygen atoms in total. The standard InChI is InChI=1S/C14H15N3O4S/c1-8-15-14(17-16-8)22-12(13(18)19)7-9-6-10(20-2)4-5-11(9)21-3/h4-7H,1-3H3,(H,18,19)(H,15,16,17)/p-1/b12-7-. The van der Waals surface area contributed by atoms with Gasteiger partial charge in [0.1, 0.15) is 17.3 Å². The molecule has 8 heteroatoms. The number of aromatic nitrogens is 3. The van der Waals surface area contributed by atoms with Gasteiger partial charge in [0.15, 0.2) is 0 Å². The summed E-state index contributed by atoms with van der Waals surface area (Å²) in [6.45, 7) is 1.73. The highest BCUT2D eigenvalue weighted by molar-refractivity contribution is 8.04. The number of rotatable bonds is 6. The van der Waals surface area contributed by atoms with Gasteiger partial charge in [-0.15, -0.1) is 5.10 Å². The van der Waals surface area contributed by atoms with Gasteiger partial charge in [0.25, 0.3) is 0 Å². The number of benzene rings is 1. The first kappa shape index (κ1) is 15.9. The number of carbonyl (C=O) groups excluding carboxylic acids is 1. The first-order chi connectivity index (χ1) is 10.5. The number of aryl methyl sites for hydroxylation is 1. The Kier molecular flexibility index (Phi) is 5.05. The van der Waals surface area contributed by atoms with E-state index in [2.05, 4.69) is 15.2 Å². The lowest BCUT2D eigenvalue weighted by atomic mass is 10.1. The number of carboxylic acid groups (broad SMARTS) is 1. The predicted molar refractivity (Wildman–Crippen MR) is 79.5 cm³/mol. The van der Waals surface area contributed by atoms with Gasteiger partial charge in [-0.05, 0) is 43.0 Å². The lowest BCUT2D eigenvalue weighted by Gasteiger charge is -2.10. The number of carbonyl (C=O) groups is 1. The van der Waals surface area contributed by atoms with Gasteiger partial charge in [-0.25, -0.2) is 4.98 Å². The van der Waals surface area contributed by atoms with E-state index in [1.165, 1.54) is 20.3 Å². The summed E-state index contributed by atoms with van der Waals surface area (Å²) in [5.41, 5.74) is 0.556. The normalized spacial score (nSPS) is 11.3. The predicted octanol–water partition coefficient (Wildman–Crippen LogP) is 1.01. The molecule has 22 heavy (non-hydrogen) atoms. The number of ether oxygens (including phenoxy) is 2. The summed E-state index contributed by atoms with van der Waals surface area (Å²) in [4.78, 5) is 15.4. The molecular weight excluding hydrogens is 306 g/mol. The molecule has 0 aliphatic carbocycles. The summed E-state index contributed by atoms with van der Waals surface area (Å²) < 4.78 is 10.4. The van der Waals surface area contributed by atoms with Gasteiger partial charge in [-0.3, -0.25) is 5.10 Å². The van der Waals surface area contributed by atoms with Crippen LogP contribution in [0.1, 0.15) is 11.4 Å². The molecule has 0 amide bonds. The molecule has 0 radical (unpaired) electrons. The molecule has 0 aliphatic heterocycles. The number of H-pyrrole nitrogens is 1. The number of nitrogens with zero attached hydrogens (tertiary/aromatic N) is 2. The summed E-state index contributed by atoms with van der Waals surface area (Å²) in [6.07, 6.45) is 1.44. The first-order valence-electron chi connectivity index (χ1n) is 6.25. The maximum absolute atomic E-state index is 11.3. The van der Waals surface area contributed by atoms with Crippen LogP contribution in [0.2, 0.25) is 0 Å². The summed E-state index contributed by atoms with van der Waals surface area (Å²) in [5.74, 6) is 0.381. The van der Waals surface area contributed by atoms with E-state index < -0.39 is 5.97 Å². The number of nitrogens with one attached hydrogen (secondary N) is 1. The van der Waals surface area contributed by atoms with Gasteiger partial charge < -0.3 is 19.4 Å². The van der Waals surface area contributed by atoms with E-state index in [-0.39, 0.29) is 4.91 Å². The molecule has 2 rings (SSSR count). The third-order valence-corrected chi connectivity index (χ3v) is 3.57. The van der Waals surface area contributed by atoms with E-state index in [4.69, 9.17) is 9.47 Å². The van der Waals surface area contributed by atoms with Crippen molar-refractivity contribution in [3.63, 3.8) is 0 Å².